The largest absolute Gasteiger partial charge is 0.508 e. The van der Waals surface area contributed by atoms with Crippen LogP contribution >= 0.6 is 23.1 Å². The van der Waals surface area contributed by atoms with Gasteiger partial charge in [-0.3, -0.25) is 4.99 Å². The fourth-order valence-corrected chi connectivity index (χ4v) is 3.85. The van der Waals surface area contributed by atoms with Crippen LogP contribution in [0.3, 0.4) is 0 Å². The van der Waals surface area contributed by atoms with E-state index in [-0.39, 0.29) is 11.7 Å². The number of phenols is 1. The number of ether oxygens (including phenoxy) is 1. The second-order valence-electron chi connectivity index (χ2n) is 4.74. The molecule has 0 saturated heterocycles. The number of thioether (sulfide) groups is 1. The van der Waals surface area contributed by atoms with Crippen LogP contribution in [0.5, 0.6) is 5.75 Å². The highest BCUT2D eigenvalue weighted by molar-refractivity contribution is 8.14. The molecule has 3 rings (SSSR count). The van der Waals surface area contributed by atoms with Crippen LogP contribution in [-0.2, 0) is 9.53 Å². The van der Waals surface area contributed by atoms with Crippen LogP contribution in [0.15, 0.2) is 41.4 Å². The lowest BCUT2D eigenvalue weighted by atomic mass is 10.3. The minimum absolute atomic E-state index is 0.244. The number of hydrogen-bond donors (Lipinski definition) is 1. The first kappa shape index (κ1) is 15.8. The van der Waals surface area contributed by atoms with E-state index in [1.54, 1.807) is 18.2 Å². The zero-order valence-electron chi connectivity index (χ0n) is 12.3. The molecule has 0 aliphatic carbocycles. The number of aromatic hydroxyl groups is 1. The Morgan fingerprint density at radius 1 is 1.39 bits per heavy atom. The van der Waals surface area contributed by atoms with Crippen LogP contribution in [0.1, 0.15) is 5.01 Å². The maximum atomic E-state index is 11.4. The maximum Gasteiger partial charge on any atom is 0.331 e. The highest BCUT2D eigenvalue weighted by Gasteiger charge is 2.24. The van der Waals surface area contributed by atoms with Gasteiger partial charge in [-0.25, -0.2) is 9.78 Å². The Labute approximate surface area is 141 Å². The molecule has 1 aliphatic rings. The van der Waals surface area contributed by atoms with Crippen LogP contribution in [0.2, 0.25) is 0 Å². The molecule has 5 nitrogen and oxygen atoms in total. The smallest absolute Gasteiger partial charge is 0.331 e. The average Bonchev–Trinajstić information content (AvgIpc) is 3.16. The maximum absolute atomic E-state index is 11.4. The molecular formula is C16H14N2O3S2. The molecule has 1 aromatic heterocycles. The standard InChI is InChI=1S/C16H14N2O3S2/c1-21-16(20)12-9-22-14(18-12)4-2-3-5-15-17-11-7-6-10(19)8-13(11)23-15/h2-8,12,19H,9H2,1H3/b4-2+,5-3+/t12-/m1/s1. The van der Waals surface area contributed by atoms with Crippen molar-refractivity contribution in [2.75, 3.05) is 12.9 Å². The zero-order valence-corrected chi connectivity index (χ0v) is 13.9. The molecule has 7 heteroatoms. The number of thiazole rings is 1. The molecule has 0 amide bonds. The third-order valence-electron chi connectivity index (χ3n) is 3.12. The van der Waals surface area contributed by atoms with Crippen molar-refractivity contribution in [2.24, 2.45) is 4.99 Å². The topological polar surface area (TPSA) is 71.8 Å². The van der Waals surface area contributed by atoms with E-state index >= 15 is 0 Å². The van der Waals surface area contributed by atoms with Gasteiger partial charge >= 0.3 is 5.97 Å². The molecule has 0 spiro atoms. The number of methoxy groups -OCH3 is 1. The lowest BCUT2D eigenvalue weighted by Crippen LogP contribution is -2.19. The summed E-state index contributed by atoms with van der Waals surface area (Å²) in [4.78, 5) is 20.1. The molecule has 0 unspecified atom stereocenters. The molecule has 0 saturated carbocycles. The number of benzene rings is 1. The van der Waals surface area contributed by atoms with E-state index in [1.165, 1.54) is 30.2 Å². The van der Waals surface area contributed by atoms with Gasteiger partial charge in [-0.15, -0.1) is 23.1 Å². The van der Waals surface area contributed by atoms with Crippen LogP contribution in [-0.4, -0.2) is 40.0 Å². The number of phenolic OH excluding ortho intramolecular Hbond substituents is 1. The van der Waals surface area contributed by atoms with Crippen molar-refractivity contribution >= 4 is 50.4 Å². The highest BCUT2D eigenvalue weighted by Crippen LogP contribution is 2.26. The van der Waals surface area contributed by atoms with Crippen molar-refractivity contribution in [3.8, 4) is 5.75 Å². The van der Waals surface area contributed by atoms with E-state index in [0.717, 1.165) is 20.3 Å². The predicted octanol–water partition coefficient (Wildman–Crippen LogP) is 3.26. The summed E-state index contributed by atoms with van der Waals surface area (Å²) in [6.07, 6.45) is 7.51. The monoisotopic (exact) mass is 346 g/mol. The number of fused-ring (bicyclic) bond motifs is 1. The molecule has 1 aromatic carbocycles. The zero-order chi connectivity index (χ0) is 16.2. The Morgan fingerprint density at radius 3 is 3.04 bits per heavy atom. The van der Waals surface area contributed by atoms with Gasteiger partial charge < -0.3 is 9.84 Å². The summed E-state index contributed by atoms with van der Waals surface area (Å²) >= 11 is 3.05. The van der Waals surface area contributed by atoms with Gasteiger partial charge in [0.15, 0.2) is 6.04 Å². The number of aromatic nitrogens is 1. The van der Waals surface area contributed by atoms with E-state index in [4.69, 9.17) is 0 Å². The van der Waals surface area contributed by atoms with Gasteiger partial charge in [0.25, 0.3) is 0 Å². The number of aliphatic imine (C=N–C) groups is 1. The first-order valence-corrected chi connectivity index (χ1v) is 8.68. The Bertz CT molecular complexity index is 824. The van der Waals surface area contributed by atoms with Gasteiger partial charge in [0, 0.05) is 5.75 Å². The molecule has 118 valence electrons. The number of nitrogens with zero attached hydrogens (tertiary/aromatic N) is 2. The number of rotatable bonds is 4. The Hall–Kier alpha value is -2.12. The van der Waals surface area contributed by atoms with Crippen molar-refractivity contribution in [1.29, 1.82) is 0 Å². The lowest BCUT2D eigenvalue weighted by Gasteiger charge is -2.00. The number of esters is 1. The van der Waals surface area contributed by atoms with Gasteiger partial charge in [-0.1, -0.05) is 12.2 Å². The number of allylic oxidation sites excluding steroid dienone is 2. The summed E-state index contributed by atoms with van der Waals surface area (Å²) in [7, 11) is 1.37. The van der Waals surface area contributed by atoms with Gasteiger partial charge in [0.1, 0.15) is 10.8 Å². The second kappa shape index (κ2) is 6.97. The van der Waals surface area contributed by atoms with E-state index in [1.807, 2.05) is 24.3 Å². The molecule has 23 heavy (non-hydrogen) atoms. The molecule has 0 fully saturated rings. The minimum Gasteiger partial charge on any atom is -0.508 e. The van der Waals surface area contributed by atoms with Crippen LogP contribution in [0.4, 0.5) is 0 Å². The average molecular weight is 346 g/mol. The lowest BCUT2D eigenvalue weighted by molar-refractivity contribution is -0.141. The van der Waals surface area contributed by atoms with Crippen LogP contribution in [0.25, 0.3) is 16.3 Å². The quantitative estimate of drug-likeness (QED) is 0.679. The normalized spacial score (nSPS) is 18.1. The molecular weight excluding hydrogens is 332 g/mol. The van der Waals surface area contributed by atoms with Crippen molar-refractivity contribution in [3.05, 3.63) is 41.4 Å². The van der Waals surface area contributed by atoms with E-state index in [0.29, 0.717) is 5.75 Å². The summed E-state index contributed by atoms with van der Waals surface area (Å²) in [6.45, 7) is 0. The summed E-state index contributed by atoms with van der Waals surface area (Å²) in [6, 6.07) is 4.73. The van der Waals surface area contributed by atoms with Gasteiger partial charge in [0.05, 0.1) is 22.4 Å². The van der Waals surface area contributed by atoms with Crippen molar-refractivity contribution in [2.45, 2.75) is 6.04 Å². The Morgan fingerprint density at radius 2 is 2.22 bits per heavy atom. The van der Waals surface area contributed by atoms with Crippen LogP contribution < -0.4 is 0 Å². The molecule has 2 aromatic rings. The van der Waals surface area contributed by atoms with E-state index in [9.17, 15) is 9.90 Å². The predicted molar refractivity (Wildman–Crippen MR) is 95.2 cm³/mol. The highest BCUT2D eigenvalue weighted by atomic mass is 32.2. The Kier molecular flexibility index (Phi) is 4.78. The Balaban J connectivity index is 1.65. The summed E-state index contributed by atoms with van der Waals surface area (Å²) in [5.74, 6) is 0.569. The van der Waals surface area contributed by atoms with Gasteiger partial charge in [0.2, 0.25) is 0 Å². The molecule has 2 heterocycles. The van der Waals surface area contributed by atoms with Crippen molar-refractivity contribution < 1.29 is 14.6 Å². The number of carbonyl (C=O) groups is 1. The third kappa shape index (κ3) is 3.80. The summed E-state index contributed by atoms with van der Waals surface area (Å²) in [5, 5.41) is 11.1. The molecule has 0 bridgehead atoms. The van der Waals surface area contributed by atoms with E-state index < -0.39 is 6.04 Å². The number of hydrogen-bond acceptors (Lipinski definition) is 7. The molecule has 0 radical (unpaired) electrons. The molecule has 1 N–H and O–H groups in total. The second-order valence-corrected chi connectivity index (χ2v) is 6.84. The summed E-state index contributed by atoms with van der Waals surface area (Å²) in [5.41, 5.74) is 0.869. The molecule has 1 aliphatic heterocycles. The fourth-order valence-electron chi connectivity index (χ4n) is 2.02. The SMILES string of the molecule is COC(=O)[C@H]1CSC(/C=C/C=C/c2nc3ccc(O)cc3s2)=N1. The number of carbonyl (C=O) groups excluding carboxylic acids is 1. The van der Waals surface area contributed by atoms with Crippen LogP contribution in [0, 0.1) is 0 Å². The van der Waals surface area contributed by atoms with Gasteiger partial charge in [-0.05, 0) is 30.4 Å². The first-order chi connectivity index (χ1) is 11.2. The van der Waals surface area contributed by atoms with Crippen molar-refractivity contribution in [1.82, 2.24) is 4.98 Å². The molecule has 1 atom stereocenters. The van der Waals surface area contributed by atoms with Crippen molar-refractivity contribution in [3.63, 3.8) is 0 Å². The summed E-state index contributed by atoms with van der Waals surface area (Å²) < 4.78 is 5.63. The third-order valence-corrected chi connectivity index (χ3v) is 5.13. The van der Waals surface area contributed by atoms with E-state index in [2.05, 4.69) is 14.7 Å². The minimum atomic E-state index is -0.398. The fraction of sp³-hybridized carbons (Fsp3) is 0.188. The first-order valence-electron chi connectivity index (χ1n) is 6.88. The van der Waals surface area contributed by atoms with Gasteiger partial charge in [-0.2, -0.15) is 0 Å².